The summed E-state index contributed by atoms with van der Waals surface area (Å²) in [5, 5.41) is 5.82. The zero-order valence-electron chi connectivity index (χ0n) is 10.6. The third-order valence-corrected chi connectivity index (χ3v) is 3.03. The monoisotopic (exact) mass is 336 g/mol. The number of benzene rings is 1. The third kappa shape index (κ3) is 4.84. The van der Waals surface area contributed by atoms with Crippen LogP contribution in [0.2, 0.25) is 0 Å². The number of nitrogens with one attached hydrogen (secondary N) is 2. The lowest BCUT2D eigenvalue weighted by Crippen LogP contribution is -2.28. The normalized spacial score (nSPS) is 11.3. The van der Waals surface area contributed by atoms with Gasteiger partial charge in [-0.15, -0.1) is 12.4 Å². The Bertz CT molecular complexity index is 402. The van der Waals surface area contributed by atoms with Crippen molar-refractivity contribution in [2.75, 3.05) is 26.0 Å². The van der Waals surface area contributed by atoms with E-state index in [1.54, 1.807) is 13.2 Å². The van der Waals surface area contributed by atoms with Crippen LogP contribution in [0.1, 0.15) is 6.92 Å². The number of methoxy groups -OCH3 is 1. The van der Waals surface area contributed by atoms with E-state index in [0.717, 1.165) is 10.2 Å². The van der Waals surface area contributed by atoms with Crippen molar-refractivity contribution >= 4 is 39.9 Å². The number of hydrogen-bond donors (Lipinski definition) is 2. The van der Waals surface area contributed by atoms with E-state index in [4.69, 9.17) is 4.74 Å². The van der Waals surface area contributed by atoms with E-state index < -0.39 is 0 Å². The predicted octanol–water partition coefficient (Wildman–Crippen LogP) is 2.67. The molecule has 1 unspecified atom stereocenters. The van der Waals surface area contributed by atoms with Crippen molar-refractivity contribution in [1.29, 1.82) is 0 Å². The van der Waals surface area contributed by atoms with Crippen molar-refractivity contribution in [3.63, 3.8) is 0 Å². The third-order valence-electron chi connectivity index (χ3n) is 2.38. The molecule has 0 aliphatic heterocycles. The van der Waals surface area contributed by atoms with Crippen LogP contribution >= 0.6 is 28.3 Å². The highest BCUT2D eigenvalue weighted by Crippen LogP contribution is 2.27. The summed E-state index contributed by atoms with van der Waals surface area (Å²) in [5.41, 5.74) is 0.734. The van der Waals surface area contributed by atoms with E-state index >= 15 is 0 Å². The van der Waals surface area contributed by atoms with Crippen molar-refractivity contribution in [2.24, 2.45) is 5.92 Å². The van der Waals surface area contributed by atoms with Crippen LogP contribution in [0.15, 0.2) is 22.7 Å². The Labute approximate surface area is 122 Å². The Morgan fingerprint density at radius 3 is 2.72 bits per heavy atom. The van der Waals surface area contributed by atoms with Gasteiger partial charge in [-0.05, 0) is 35.1 Å². The fourth-order valence-electron chi connectivity index (χ4n) is 1.40. The van der Waals surface area contributed by atoms with E-state index in [9.17, 15) is 4.79 Å². The predicted molar refractivity (Wildman–Crippen MR) is 79.7 cm³/mol. The summed E-state index contributed by atoms with van der Waals surface area (Å²) in [6, 6.07) is 5.46. The first-order valence-electron chi connectivity index (χ1n) is 5.37. The minimum atomic E-state index is -0.0744. The van der Waals surface area contributed by atoms with Crippen LogP contribution in [0.4, 0.5) is 5.69 Å². The molecule has 1 aromatic rings. The van der Waals surface area contributed by atoms with Crippen molar-refractivity contribution in [1.82, 2.24) is 5.32 Å². The van der Waals surface area contributed by atoms with Gasteiger partial charge in [0.1, 0.15) is 5.75 Å². The Morgan fingerprint density at radius 2 is 2.17 bits per heavy atom. The number of ether oxygens (including phenoxy) is 1. The lowest BCUT2D eigenvalue weighted by molar-refractivity contribution is -0.119. The number of anilines is 1. The van der Waals surface area contributed by atoms with E-state index in [2.05, 4.69) is 26.6 Å². The SMILES string of the molecule is CNCC(C)C(=O)Nc1ccc(Br)c(OC)c1.Cl. The zero-order chi connectivity index (χ0) is 12.8. The van der Waals surface area contributed by atoms with E-state index in [-0.39, 0.29) is 24.2 Å². The van der Waals surface area contributed by atoms with Gasteiger partial charge in [-0.1, -0.05) is 6.92 Å². The van der Waals surface area contributed by atoms with Gasteiger partial charge in [0.15, 0.2) is 0 Å². The maximum absolute atomic E-state index is 11.8. The average molecular weight is 338 g/mol. The van der Waals surface area contributed by atoms with Crippen molar-refractivity contribution in [3.8, 4) is 5.75 Å². The molecule has 0 spiro atoms. The smallest absolute Gasteiger partial charge is 0.228 e. The van der Waals surface area contributed by atoms with Gasteiger partial charge in [0, 0.05) is 24.2 Å². The molecule has 0 heterocycles. The van der Waals surface area contributed by atoms with Crippen LogP contribution in [0.25, 0.3) is 0 Å². The molecule has 2 N–H and O–H groups in total. The second kappa shape index (κ2) is 8.34. The van der Waals surface area contributed by atoms with Gasteiger partial charge >= 0.3 is 0 Å². The molecule has 1 atom stereocenters. The number of hydrogen-bond acceptors (Lipinski definition) is 3. The summed E-state index contributed by atoms with van der Waals surface area (Å²) < 4.78 is 6.03. The Hall–Kier alpha value is -0.780. The molecule has 0 radical (unpaired) electrons. The molecule has 0 aliphatic rings. The minimum absolute atomic E-state index is 0. The molecule has 0 saturated heterocycles. The first kappa shape index (κ1) is 17.2. The molecular formula is C12H18BrClN2O2. The molecule has 1 rings (SSSR count). The van der Waals surface area contributed by atoms with Gasteiger partial charge in [-0.25, -0.2) is 0 Å². The summed E-state index contributed by atoms with van der Waals surface area (Å²) in [7, 11) is 3.42. The molecule has 0 aromatic heterocycles. The Morgan fingerprint density at radius 1 is 1.50 bits per heavy atom. The molecule has 18 heavy (non-hydrogen) atoms. The first-order valence-corrected chi connectivity index (χ1v) is 6.16. The summed E-state index contributed by atoms with van der Waals surface area (Å²) in [6.45, 7) is 2.53. The second-order valence-corrected chi connectivity index (χ2v) is 4.65. The van der Waals surface area contributed by atoms with Crippen LogP contribution in [-0.2, 0) is 4.79 Å². The lowest BCUT2D eigenvalue weighted by atomic mass is 10.1. The molecule has 1 amide bonds. The van der Waals surface area contributed by atoms with Crippen LogP contribution in [-0.4, -0.2) is 26.6 Å². The zero-order valence-corrected chi connectivity index (χ0v) is 13.0. The summed E-state index contributed by atoms with van der Waals surface area (Å²) >= 11 is 3.36. The Balaban J connectivity index is 0.00000289. The molecule has 1 aromatic carbocycles. The molecule has 102 valence electrons. The average Bonchev–Trinajstić information content (AvgIpc) is 2.31. The Kier molecular flexibility index (Phi) is 7.98. The molecular weight excluding hydrogens is 320 g/mol. The molecule has 0 aliphatic carbocycles. The highest BCUT2D eigenvalue weighted by molar-refractivity contribution is 9.10. The molecule has 4 nitrogen and oxygen atoms in total. The number of rotatable bonds is 5. The van der Waals surface area contributed by atoms with E-state index in [1.165, 1.54) is 0 Å². The molecule has 0 saturated carbocycles. The van der Waals surface area contributed by atoms with Gasteiger partial charge in [-0.3, -0.25) is 4.79 Å². The topological polar surface area (TPSA) is 50.4 Å². The van der Waals surface area contributed by atoms with Crippen molar-refractivity contribution in [2.45, 2.75) is 6.92 Å². The quantitative estimate of drug-likeness (QED) is 0.868. The van der Waals surface area contributed by atoms with E-state index in [1.807, 2.05) is 26.1 Å². The minimum Gasteiger partial charge on any atom is -0.495 e. The van der Waals surface area contributed by atoms with Gasteiger partial charge in [0.05, 0.1) is 11.6 Å². The van der Waals surface area contributed by atoms with Crippen LogP contribution in [0, 0.1) is 5.92 Å². The van der Waals surface area contributed by atoms with Gasteiger partial charge in [0.25, 0.3) is 0 Å². The van der Waals surface area contributed by atoms with Crippen molar-refractivity contribution < 1.29 is 9.53 Å². The highest BCUT2D eigenvalue weighted by atomic mass is 79.9. The van der Waals surface area contributed by atoms with Gasteiger partial charge in [0.2, 0.25) is 5.91 Å². The number of halogens is 2. The molecule has 0 bridgehead atoms. The van der Waals surface area contributed by atoms with Gasteiger partial charge in [-0.2, -0.15) is 0 Å². The summed E-state index contributed by atoms with van der Waals surface area (Å²) in [4.78, 5) is 11.8. The maximum Gasteiger partial charge on any atom is 0.228 e. The first-order chi connectivity index (χ1) is 8.08. The lowest BCUT2D eigenvalue weighted by Gasteiger charge is -2.12. The number of carbonyl (C=O) groups is 1. The van der Waals surface area contributed by atoms with E-state index in [0.29, 0.717) is 12.3 Å². The fraction of sp³-hybridized carbons (Fsp3) is 0.417. The van der Waals surface area contributed by atoms with Gasteiger partial charge < -0.3 is 15.4 Å². The molecule has 0 fully saturated rings. The largest absolute Gasteiger partial charge is 0.495 e. The molecule has 6 heteroatoms. The van der Waals surface area contributed by atoms with Crippen LogP contribution < -0.4 is 15.4 Å². The number of amides is 1. The van der Waals surface area contributed by atoms with Crippen LogP contribution in [0.3, 0.4) is 0 Å². The standard InChI is InChI=1S/C12H17BrN2O2.ClH/c1-8(7-14-2)12(16)15-9-4-5-10(13)11(6-9)17-3;/h4-6,8,14H,7H2,1-3H3,(H,15,16);1H. The van der Waals surface area contributed by atoms with Crippen LogP contribution in [0.5, 0.6) is 5.75 Å². The number of carbonyl (C=O) groups excluding carboxylic acids is 1. The highest BCUT2D eigenvalue weighted by Gasteiger charge is 2.12. The summed E-state index contributed by atoms with van der Waals surface area (Å²) in [5.74, 6) is 0.613. The summed E-state index contributed by atoms with van der Waals surface area (Å²) in [6.07, 6.45) is 0. The maximum atomic E-state index is 11.8. The second-order valence-electron chi connectivity index (χ2n) is 3.80. The van der Waals surface area contributed by atoms with Crippen molar-refractivity contribution in [3.05, 3.63) is 22.7 Å². The fourth-order valence-corrected chi connectivity index (χ4v) is 1.81.